The zero-order valence-corrected chi connectivity index (χ0v) is 8.81. The maximum absolute atomic E-state index is 10.5. The van der Waals surface area contributed by atoms with Gasteiger partial charge in [0, 0.05) is 13.7 Å². The fourth-order valence-electron chi connectivity index (χ4n) is 0.760. The summed E-state index contributed by atoms with van der Waals surface area (Å²) in [4.78, 5) is 10.5. The van der Waals surface area contributed by atoms with E-state index in [1.807, 2.05) is 0 Å². The molecule has 0 rings (SSSR count). The van der Waals surface area contributed by atoms with Crippen LogP contribution >= 0.6 is 11.8 Å². The Morgan fingerprint density at radius 1 is 1.54 bits per heavy atom. The van der Waals surface area contributed by atoms with Crippen LogP contribution in [0.15, 0.2) is 0 Å². The average Bonchev–Trinajstić information content (AvgIpc) is 2.10. The molecule has 78 valence electrons. The fraction of sp³-hybridized carbons (Fsp3) is 0.875. The van der Waals surface area contributed by atoms with Gasteiger partial charge >= 0.3 is 0 Å². The predicted octanol–water partition coefficient (Wildman–Crippen LogP) is -0.0412. The first-order valence-corrected chi connectivity index (χ1v) is 5.45. The molecule has 0 aliphatic carbocycles. The Labute approximate surface area is 83.4 Å². The van der Waals surface area contributed by atoms with E-state index >= 15 is 0 Å². The minimum absolute atomic E-state index is 0.419. The number of carbonyl (C=O) groups is 1. The van der Waals surface area contributed by atoms with Crippen molar-refractivity contribution < 1.29 is 9.53 Å². The van der Waals surface area contributed by atoms with E-state index in [-0.39, 0.29) is 0 Å². The molecule has 1 atom stereocenters. The third kappa shape index (κ3) is 8.08. The quantitative estimate of drug-likeness (QED) is 0.546. The molecule has 4 nitrogen and oxygen atoms in total. The minimum atomic E-state index is -0.491. The van der Waals surface area contributed by atoms with E-state index in [1.54, 1.807) is 18.9 Å². The summed E-state index contributed by atoms with van der Waals surface area (Å²) >= 11 is 1.77. The Hall–Kier alpha value is -0.260. The first-order chi connectivity index (χ1) is 6.18. The van der Waals surface area contributed by atoms with Crippen molar-refractivity contribution in [1.29, 1.82) is 0 Å². The molecule has 1 unspecified atom stereocenters. The maximum Gasteiger partial charge on any atom is 0.234 e. The molecule has 0 spiro atoms. The van der Waals surface area contributed by atoms with Crippen molar-refractivity contribution >= 4 is 17.7 Å². The molecule has 0 saturated heterocycles. The third-order valence-electron chi connectivity index (χ3n) is 1.58. The van der Waals surface area contributed by atoms with Gasteiger partial charge in [-0.15, -0.1) is 0 Å². The van der Waals surface area contributed by atoms with Gasteiger partial charge in [0.05, 0.1) is 6.04 Å². The zero-order chi connectivity index (χ0) is 10.1. The van der Waals surface area contributed by atoms with Gasteiger partial charge in [-0.25, -0.2) is 0 Å². The normalized spacial score (nSPS) is 12.8. The Bertz CT molecular complexity index is 144. The molecule has 0 aromatic heterocycles. The van der Waals surface area contributed by atoms with E-state index in [2.05, 4.69) is 0 Å². The zero-order valence-electron chi connectivity index (χ0n) is 7.99. The van der Waals surface area contributed by atoms with E-state index in [0.29, 0.717) is 6.42 Å². The van der Waals surface area contributed by atoms with Gasteiger partial charge < -0.3 is 16.2 Å². The number of rotatable bonds is 8. The summed E-state index contributed by atoms with van der Waals surface area (Å²) in [6.07, 6.45) is 1.69. The molecule has 0 saturated carbocycles. The number of hydrogen-bond acceptors (Lipinski definition) is 4. The van der Waals surface area contributed by atoms with Gasteiger partial charge in [0.2, 0.25) is 5.91 Å². The molecule has 0 radical (unpaired) electrons. The van der Waals surface area contributed by atoms with Crippen molar-refractivity contribution in [2.45, 2.75) is 18.9 Å². The van der Waals surface area contributed by atoms with Crippen LogP contribution in [0.1, 0.15) is 12.8 Å². The fourth-order valence-corrected chi connectivity index (χ4v) is 1.71. The van der Waals surface area contributed by atoms with Gasteiger partial charge in [-0.1, -0.05) is 0 Å². The molecule has 0 aromatic rings. The number of nitrogens with two attached hydrogens (primary N) is 2. The summed E-state index contributed by atoms with van der Waals surface area (Å²) in [6.45, 7) is 0.787. The molecule has 0 bridgehead atoms. The predicted molar refractivity (Wildman–Crippen MR) is 55.6 cm³/mol. The highest BCUT2D eigenvalue weighted by Crippen LogP contribution is 2.05. The molecule has 0 aliphatic rings. The van der Waals surface area contributed by atoms with Crippen LogP contribution < -0.4 is 11.5 Å². The van der Waals surface area contributed by atoms with Crippen molar-refractivity contribution in [3.05, 3.63) is 0 Å². The Morgan fingerprint density at radius 2 is 2.23 bits per heavy atom. The lowest BCUT2D eigenvalue weighted by molar-refractivity contribution is -0.119. The highest BCUT2D eigenvalue weighted by Gasteiger charge is 2.07. The third-order valence-corrected chi connectivity index (χ3v) is 2.68. The first kappa shape index (κ1) is 12.7. The summed E-state index contributed by atoms with van der Waals surface area (Å²) in [5.41, 5.74) is 10.5. The van der Waals surface area contributed by atoms with Crippen molar-refractivity contribution in [3.8, 4) is 0 Å². The lowest BCUT2D eigenvalue weighted by Crippen LogP contribution is -2.36. The Balaban J connectivity index is 3.11. The van der Waals surface area contributed by atoms with Gasteiger partial charge in [-0.3, -0.25) is 4.79 Å². The summed E-state index contributed by atoms with van der Waals surface area (Å²) in [7, 11) is 1.69. The van der Waals surface area contributed by atoms with Crippen LogP contribution in [0, 0.1) is 0 Å². The molecule has 0 heterocycles. The number of primary amides is 1. The van der Waals surface area contributed by atoms with Gasteiger partial charge in [0.25, 0.3) is 0 Å². The number of methoxy groups -OCH3 is 1. The monoisotopic (exact) mass is 206 g/mol. The van der Waals surface area contributed by atoms with Crippen LogP contribution in [-0.2, 0) is 9.53 Å². The Kier molecular flexibility index (Phi) is 8.18. The number of carbonyl (C=O) groups excluding carboxylic acids is 1. The van der Waals surface area contributed by atoms with Crippen LogP contribution in [0.2, 0.25) is 0 Å². The summed E-state index contributed by atoms with van der Waals surface area (Å²) in [5.74, 6) is 1.50. The smallest absolute Gasteiger partial charge is 0.234 e. The largest absolute Gasteiger partial charge is 0.385 e. The molecule has 0 fully saturated rings. The van der Waals surface area contributed by atoms with Crippen molar-refractivity contribution in [2.75, 3.05) is 25.2 Å². The van der Waals surface area contributed by atoms with E-state index in [1.165, 1.54) is 0 Å². The number of amides is 1. The molecule has 13 heavy (non-hydrogen) atoms. The lowest BCUT2D eigenvalue weighted by Gasteiger charge is -2.06. The Morgan fingerprint density at radius 3 is 2.77 bits per heavy atom. The second-order valence-electron chi connectivity index (χ2n) is 2.76. The standard InChI is InChI=1S/C8H18N2O2S/c1-12-4-2-5-13-6-3-7(9)8(10)11/h7H,2-6,9H2,1H3,(H2,10,11). The lowest BCUT2D eigenvalue weighted by atomic mass is 10.2. The summed E-state index contributed by atoms with van der Waals surface area (Å²) in [6, 6.07) is -0.491. The molecular formula is C8H18N2O2S. The molecule has 1 amide bonds. The first-order valence-electron chi connectivity index (χ1n) is 4.30. The van der Waals surface area contributed by atoms with E-state index in [4.69, 9.17) is 16.2 Å². The highest BCUT2D eigenvalue weighted by molar-refractivity contribution is 7.99. The van der Waals surface area contributed by atoms with Crippen LogP contribution in [0.5, 0.6) is 0 Å². The number of hydrogen-bond donors (Lipinski definition) is 2. The van der Waals surface area contributed by atoms with Crippen LogP contribution in [0.25, 0.3) is 0 Å². The second-order valence-corrected chi connectivity index (χ2v) is 3.98. The molecule has 0 aromatic carbocycles. The van der Waals surface area contributed by atoms with Crippen molar-refractivity contribution in [1.82, 2.24) is 0 Å². The van der Waals surface area contributed by atoms with Gasteiger partial charge in [-0.2, -0.15) is 11.8 Å². The van der Waals surface area contributed by atoms with E-state index < -0.39 is 11.9 Å². The summed E-state index contributed by atoms with van der Waals surface area (Å²) < 4.78 is 4.90. The van der Waals surface area contributed by atoms with E-state index in [9.17, 15) is 4.79 Å². The van der Waals surface area contributed by atoms with Crippen molar-refractivity contribution in [2.24, 2.45) is 11.5 Å². The van der Waals surface area contributed by atoms with Gasteiger partial charge in [0.15, 0.2) is 0 Å². The van der Waals surface area contributed by atoms with Crippen molar-refractivity contribution in [3.63, 3.8) is 0 Å². The minimum Gasteiger partial charge on any atom is -0.385 e. The van der Waals surface area contributed by atoms with Crippen LogP contribution in [0.3, 0.4) is 0 Å². The number of thioether (sulfide) groups is 1. The topological polar surface area (TPSA) is 78.3 Å². The second kappa shape index (κ2) is 8.34. The average molecular weight is 206 g/mol. The molecule has 0 aliphatic heterocycles. The molecular weight excluding hydrogens is 188 g/mol. The molecule has 5 heteroatoms. The molecule has 4 N–H and O–H groups in total. The van der Waals surface area contributed by atoms with E-state index in [0.717, 1.165) is 24.5 Å². The van der Waals surface area contributed by atoms with Gasteiger partial charge in [0.1, 0.15) is 0 Å². The number of ether oxygens (including phenoxy) is 1. The van der Waals surface area contributed by atoms with Crippen LogP contribution in [-0.4, -0.2) is 37.2 Å². The maximum atomic E-state index is 10.5. The van der Waals surface area contributed by atoms with Gasteiger partial charge in [-0.05, 0) is 24.3 Å². The van der Waals surface area contributed by atoms with Crippen LogP contribution in [0.4, 0.5) is 0 Å². The highest BCUT2D eigenvalue weighted by atomic mass is 32.2. The SMILES string of the molecule is COCCCSCCC(N)C(N)=O. The summed E-state index contributed by atoms with van der Waals surface area (Å²) in [5, 5.41) is 0.